The number of methoxy groups -OCH3 is 1. The molecule has 0 saturated carbocycles. The summed E-state index contributed by atoms with van der Waals surface area (Å²) in [6, 6.07) is 8.42. The Bertz CT molecular complexity index is 326. The summed E-state index contributed by atoms with van der Waals surface area (Å²) in [6.45, 7) is 3.09. The normalized spacial score (nSPS) is 12.2. The van der Waals surface area contributed by atoms with Gasteiger partial charge in [0.15, 0.2) is 0 Å². The van der Waals surface area contributed by atoms with Crippen molar-refractivity contribution < 1.29 is 4.74 Å². The summed E-state index contributed by atoms with van der Waals surface area (Å²) >= 11 is 0. The third-order valence-electron chi connectivity index (χ3n) is 2.90. The van der Waals surface area contributed by atoms with Crippen LogP contribution in [0.3, 0.4) is 0 Å². The van der Waals surface area contributed by atoms with Gasteiger partial charge >= 0.3 is 0 Å². The number of unbranched alkanes of at least 4 members (excludes halogenated alkanes) is 1. The van der Waals surface area contributed by atoms with Crippen molar-refractivity contribution in [3.8, 4) is 5.75 Å². The van der Waals surface area contributed by atoms with E-state index in [9.17, 15) is 0 Å². The summed E-state index contributed by atoms with van der Waals surface area (Å²) < 4.78 is 5.35. The van der Waals surface area contributed by atoms with Crippen LogP contribution in [-0.4, -0.2) is 26.7 Å². The molecule has 0 aliphatic rings. The first-order valence-electron chi connectivity index (χ1n) is 6.25. The van der Waals surface area contributed by atoms with E-state index in [1.807, 2.05) is 18.2 Å². The fraction of sp³-hybridized carbons (Fsp3) is 0.571. The molecule has 0 spiro atoms. The highest BCUT2D eigenvalue weighted by molar-refractivity contribution is 5.57. The number of rotatable bonds is 7. The molecule has 0 heterocycles. The number of benzene rings is 1. The first-order valence-corrected chi connectivity index (χ1v) is 6.25. The lowest BCUT2D eigenvalue weighted by Gasteiger charge is -2.21. The molecule has 0 radical (unpaired) electrons. The largest absolute Gasteiger partial charge is 0.495 e. The van der Waals surface area contributed by atoms with Crippen molar-refractivity contribution in [1.82, 2.24) is 0 Å². The van der Waals surface area contributed by atoms with E-state index in [4.69, 9.17) is 10.5 Å². The minimum absolute atomic E-state index is 0.312. The van der Waals surface area contributed by atoms with E-state index in [1.54, 1.807) is 7.11 Å². The van der Waals surface area contributed by atoms with E-state index < -0.39 is 0 Å². The maximum Gasteiger partial charge on any atom is 0.142 e. The van der Waals surface area contributed by atoms with Gasteiger partial charge in [0.1, 0.15) is 5.75 Å². The Morgan fingerprint density at radius 2 is 2.00 bits per heavy atom. The van der Waals surface area contributed by atoms with Gasteiger partial charge in [-0.1, -0.05) is 18.6 Å². The lowest BCUT2D eigenvalue weighted by atomic mass is 10.1. The van der Waals surface area contributed by atoms with Crippen LogP contribution >= 0.6 is 0 Å². The fourth-order valence-electron chi connectivity index (χ4n) is 1.88. The number of para-hydroxylation sites is 2. The summed E-state index contributed by atoms with van der Waals surface area (Å²) in [4.78, 5) is 2.24. The monoisotopic (exact) mass is 236 g/mol. The first kappa shape index (κ1) is 13.8. The Kier molecular flexibility index (Phi) is 5.84. The van der Waals surface area contributed by atoms with Gasteiger partial charge in [0.2, 0.25) is 0 Å². The van der Waals surface area contributed by atoms with Crippen LogP contribution in [0.4, 0.5) is 5.69 Å². The van der Waals surface area contributed by atoms with E-state index >= 15 is 0 Å². The molecule has 2 N–H and O–H groups in total. The maximum atomic E-state index is 5.73. The molecule has 0 bridgehead atoms. The van der Waals surface area contributed by atoms with Gasteiger partial charge < -0.3 is 15.4 Å². The standard InChI is InChI=1S/C14H24N2O/c1-12(15)8-6-7-11-16(2)13-9-4-5-10-14(13)17-3/h4-5,9-10,12H,6-8,11,15H2,1-3H3. The third-order valence-corrected chi connectivity index (χ3v) is 2.90. The van der Waals surface area contributed by atoms with Gasteiger partial charge in [-0.25, -0.2) is 0 Å². The van der Waals surface area contributed by atoms with Crippen LogP contribution < -0.4 is 15.4 Å². The molecule has 96 valence electrons. The molecule has 1 aromatic rings. The zero-order chi connectivity index (χ0) is 12.7. The number of anilines is 1. The Labute approximate surface area is 105 Å². The van der Waals surface area contributed by atoms with Crippen LogP contribution in [0, 0.1) is 0 Å². The molecule has 0 saturated heterocycles. The molecule has 0 amide bonds. The van der Waals surface area contributed by atoms with E-state index in [0.717, 1.165) is 30.8 Å². The first-order chi connectivity index (χ1) is 8.15. The molecular weight excluding hydrogens is 212 g/mol. The smallest absolute Gasteiger partial charge is 0.142 e. The molecule has 0 fully saturated rings. The highest BCUT2D eigenvalue weighted by atomic mass is 16.5. The lowest BCUT2D eigenvalue weighted by Crippen LogP contribution is -2.20. The topological polar surface area (TPSA) is 38.5 Å². The van der Waals surface area contributed by atoms with Crippen LogP contribution in [-0.2, 0) is 0 Å². The van der Waals surface area contributed by atoms with E-state index in [0.29, 0.717) is 6.04 Å². The van der Waals surface area contributed by atoms with Gasteiger partial charge in [-0.15, -0.1) is 0 Å². The molecule has 1 aromatic carbocycles. The molecular formula is C14H24N2O. The molecule has 0 aromatic heterocycles. The zero-order valence-electron chi connectivity index (χ0n) is 11.1. The summed E-state index contributed by atoms with van der Waals surface area (Å²) in [5.41, 5.74) is 6.88. The van der Waals surface area contributed by atoms with Gasteiger partial charge in [0.05, 0.1) is 12.8 Å². The van der Waals surface area contributed by atoms with E-state index in [2.05, 4.69) is 24.9 Å². The van der Waals surface area contributed by atoms with Gasteiger partial charge in [-0.2, -0.15) is 0 Å². The molecule has 1 atom stereocenters. The molecule has 1 rings (SSSR count). The highest BCUT2D eigenvalue weighted by Crippen LogP contribution is 2.26. The number of hydrogen-bond donors (Lipinski definition) is 1. The predicted octanol–water partition coefficient (Wildman–Crippen LogP) is 2.65. The molecule has 0 aliphatic carbocycles. The van der Waals surface area contributed by atoms with Crippen LogP contribution in [0.1, 0.15) is 26.2 Å². The van der Waals surface area contributed by atoms with Crippen molar-refractivity contribution in [2.24, 2.45) is 5.73 Å². The third kappa shape index (κ3) is 4.65. The summed E-state index contributed by atoms with van der Waals surface area (Å²) in [6.07, 6.45) is 3.44. The lowest BCUT2D eigenvalue weighted by molar-refractivity contribution is 0.414. The minimum Gasteiger partial charge on any atom is -0.495 e. The minimum atomic E-state index is 0.312. The number of ether oxygens (including phenoxy) is 1. The summed E-state index contributed by atoms with van der Waals surface area (Å²) in [5.74, 6) is 0.933. The van der Waals surface area contributed by atoms with Crippen LogP contribution in [0.25, 0.3) is 0 Å². The number of nitrogens with zero attached hydrogens (tertiary/aromatic N) is 1. The van der Waals surface area contributed by atoms with Gasteiger partial charge in [0, 0.05) is 19.6 Å². The van der Waals surface area contributed by atoms with Crippen molar-refractivity contribution >= 4 is 5.69 Å². The van der Waals surface area contributed by atoms with E-state index in [1.165, 1.54) is 6.42 Å². The van der Waals surface area contributed by atoms with Gasteiger partial charge in [-0.05, 0) is 31.9 Å². The molecule has 3 nitrogen and oxygen atoms in total. The molecule has 0 aliphatic heterocycles. The van der Waals surface area contributed by atoms with Crippen molar-refractivity contribution in [3.63, 3.8) is 0 Å². The number of nitrogens with two attached hydrogens (primary N) is 1. The van der Waals surface area contributed by atoms with Crippen LogP contribution in [0.5, 0.6) is 5.75 Å². The van der Waals surface area contributed by atoms with Crippen LogP contribution in [0.15, 0.2) is 24.3 Å². The molecule has 17 heavy (non-hydrogen) atoms. The fourth-order valence-corrected chi connectivity index (χ4v) is 1.88. The van der Waals surface area contributed by atoms with Gasteiger partial charge in [-0.3, -0.25) is 0 Å². The quantitative estimate of drug-likeness (QED) is 0.740. The highest BCUT2D eigenvalue weighted by Gasteiger charge is 2.06. The summed E-state index contributed by atoms with van der Waals surface area (Å²) in [7, 11) is 3.81. The Balaban J connectivity index is 2.43. The Hall–Kier alpha value is -1.22. The SMILES string of the molecule is COc1ccccc1N(C)CCCCC(C)N. The number of hydrogen-bond acceptors (Lipinski definition) is 3. The van der Waals surface area contributed by atoms with Crippen LogP contribution in [0.2, 0.25) is 0 Å². The Morgan fingerprint density at radius 3 is 2.65 bits per heavy atom. The van der Waals surface area contributed by atoms with Crippen molar-refractivity contribution in [2.75, 3.05) is 25.6 Å². The Morgan fingerprint density at radius 1 is 1.29 bits per heavy atom. The van der Waals surface area contributed by atoms with Crippen molar-refractivity contribution in [1.29, 1.82) is 0 Å². The molecule has 3 heteroatoms. The van der Waals surface area contributed by atoms with Gasteiger partial charge in [0.25, 0.3) is 0 Å². The maximum absolute atomic E-state index is 5.73. The average molecular weight is 236 g/mol. The van der Waals surface area contributed by atoms with E-state index in [-0.39, 0.29) is 0 Å². The summed E-state index contributed by atoms with van der Waals surface area (Å²) in [5, 5.41) is 0. The average Bonchev–Trinajstić information content (AvgIpc) is 2.34. The molecule has 1 unspecified atom stereocenters. The van der Waals surface area contributed by atoms with Crippen molar-refractivity contribution in [2.45, 2.75) is 32.2 Å². The second-order valence-corrected chi connectivity index (χ2v) is 4.57. The second kappa shape index (κ2) is 7.17. The second-order valence-electron chi connectivity index (χ2n) is 4.57. The van der Waals surface area contributed by atoms with Crippen molar-refractivity contribution in [3.05, 3.63) is 24.3 Å². The predicted molar refractivity (Wildman–Crippen MR) is 73.8 cm³/mol. The zero-order valence-corrected chi connectivity index (χ0v) is 11.1.